The van der Waals surface area contributed by atoms with E-state index in [0.29, 0.717) is 12.6 Å². The fraction of sp³-hybridized carbons (Fsp3) is 0.944. The van der Waals surface area contributed by atoms with Gasteiger partial charge in [0.25, 0.3) is 0 Å². The summed E-state index contributed by atoms with van der Waals surface area (Å²) >= 11 is 0. The molecule has 138 valence electrons. The molecule has 3 aliphatic rings. The van der Waals surface area contributed by atoms with E-state index >= 15 is 0 Å². The monoisotopic (exact) mass is 338 g/mol. The number of carbonyl (C=O) groups excluding carboxylic acids is 1. The number of hydrogen-bond acceptors (Lipinski definition) is 4. The van der Waals surface area contributed by atoms with Gasteiger partial charge >= 0.3 is 6.03 Å². The molecule has 0 bridgehead atoms. The van der Waals surface area contributed by atoms with Crippen LogP contribution < -0.4 is 10.6 Å². The topological polar surface area (TPSA) is 56.8 Å². The van der Waals surface area contributed by atoms with Crippen molar-refractivity contribution < 1.29 is 9.53 Å². The number of urea groups is 1. The molecule has 6 nitrogen and oxygen atoms in total. The second-order valence-electron chi connectivity index (χ2n) is 7.60. The Morgan fingerprint density at radius 1 is 1.00 bits per heavy atom. The molecule has 2 amide bonds. The van der Waals surface area contributed by atoms with Crippen LogP contribution in [0.15, 0.2) is 0 Å². The number of ether oxygens (including phenoxy) is 1. The summed E-state index contributed by atoms with van der Waals surface area (Å²) in [5.74, 6) is 0.898. The third-order valence-electron chi connectivity index (χ3n) is 5.63. The summed E-state index contributed by atoms with van der Waals surface area (Å²) in [5, 5.41) is 6.16. The van der Waals surface area contributed by atoms with Crippen molar-refractivity contribution in [2.75, 3.05) is 59.0 Å². The molecule has 1 saturated carbocycles. The zero-order chi connectivity index (χ0) is 16.6. The summed E-state index contributed by atoms with van der Waals surface area (Å²) in [6, 6.07) is 0.312. The van der Waals surface area contributed by atoms with Gasteiger partial charge in [0.15, 0.2) is 0 Å². The normalized spacial score (nSPS) is 27.2. The molecule has 2 saturated heterocycles. The van der Waals surface area contributed by atoms with E-state index < -0.39 is 0 Å². The van der Waals surface area contributed by atoms with Gasteiger partial charge in [0.05, 0.1) is 6.61 Å². The number of amides is 2. The van der Waals surface area contributed by atoms with E-state index in [1.165, 1.54) is 32.2 Å². The molecule has 2 heterocycles. The molecule has 3 rings (SSSR count). The maximum Gasteiger partial charge on any atom is 0.315 e. The molecule has 0 aromatic carbocycles. The van der Waals surface area contributed by atoms with Gasteiger partial charge in [0, 0.05) is 58.5 Å². The van der Waals surface area contributed by atoms with Crippen LogP contribution in [0.5, 0.6) is 0 Å². The summed E-state index contributed by atoms with van der Waals surface area (Å²) in [6.45, 7) is 8.73. The van der Waals surface area contributed by atoms with Crippen LogP contribution in [0.1, 0.15) is 38.5 Å². The Kier molecular flexibility index (Phi) is 7.17. The highest BCUT2D eigenvalue weighted by Crippen LogP contribution is 2.26. The Bertz CT molecular complexity index is 379. The molecule has 24 heavy (non-hydrogen) atoms. The first kappa shape index (κ1) is 18.0. The molecular formula is C18H34N4O2. The molecular weight excluding hydrogens is 304 g/mol. The minimum absolute atomic E-state index is 0.00575. The van der Waals surface area contributed by atoms with E-state index in [2.05, 4.69) is 20.4 Å². The van der Waals surface area contributed by atoms with Crippen molar-refractivity contribution in [1.82, 2.24) is 20.4 Å². The first-order valence-electron chi connectivity index (χ1n) is 9.86. The van der Waals surface area contributed by atoms with Crippen molar-refractivity contribution in [3.63, 3.8) is 0 Å². The van der Waals surface area contributed by atoms with Gasteiger partial charge in [0.1, 0.15) is 0 Å². The largest absolute Gasteiger partial charge is 0.380 e. The van der Waals surface area contributed by atoms with Crippen LogP contribution in [0.3, 0.4) is 0 Å². The lowest BCUT2D eigenvalue weighted by Gasteiger charge is -2.21. The lowest BCUT2D eigenvalue weighted by molar-refractivity contribution is 0.141. The lowest BCUT2D eigenvalue weighted by atomic mass is 10.1. The smallest absolute Gasteiger partial charge is 0.315 e. The minimum atomic E-state index is -0.00575. The molecule has 0 aromatic rings. The van der Waals surface area contributed by atoms with Gasteiger partial charge in [-0.25, -0.2) is 4.79 Å². The minimum Gasteiger partial charge on any atom is -0.380 e. The Labute approximate surface area is 146 Å². The van der Waals surface area contributed by atoms with Gasteiger partial charge < -0.3 is 20.3 Å². The number of nitrogens with zero attached hydrogens (tertiary/aromatic N) is 2. The van der Waals surface area contributed by atoms with Gasteiger partial charge in [0.2, 0.25) is 0 Å². The molecule has 0 aromatic heterocycles. The van der Waals surface area contributed by atoms with Crippen molar-refractivity contribution in [2.45, 2.75) is 44.6 Å². The predicted molar refractivity (Wildman–Crippen MR) is 95.2 cm³/mol. The first-order valence-corrected chi connectivity index (χ1v) is 9.86. The Hall–Kier alpha value is -0.850. The summed E-state index contributed by atoms with van der Waals surface area (Å²) in [7, 11) is 0. The van der Waals surface area contributed by atoms with E-state index in [-0.39, 0.29) is 6.03 Å². The Balaban J connectivity index is 1.26. The maximum absolute atomic E-state index is 12.1. The Morgan fingerprint density at radius 3 is 2.75 bits per heavy atom. The van der Waals surface area contributed by atoms with E-state index in [9.17, 15) is 4.79 Å². The van der Waals surface area contributed by atoms with Gasteiger partial charge in [-0.05, 0) is 31.6 Å². The van der Waals surface area contributed by atoms with Crippen LogP contribution in [0, 0.1) is 5.92 Å². The van der Waals surface area contributed by atoms with Crippen LogP contribution >= 0.6 is 0 Å². The van der Waals surface area contributed by atoms with Crippen LogP contribution in [-0.4, -0.2) is 80.9 Å². The average molecular weight is 338 g/mol. The third kappa shape index (κ3) is 5.90. The lowest BCUT2D eigenvalue weighted by Crippen LogP contribution is -2.45. The highest BCUT2D eigenvalue weighted by molar-refractivity contribution is 5.74. The molecule has 1 aliphatic carbocycles. The number of likely N-dealkylation sites (tertiary alicyclic amines) is 1. The maximum atomic E-state index is 12.1. The molecule has 3 fully saturated rings. The summed E-state index contributed by atoms with van der Waals surface area (Å²) in [5.41, 5.74) is 0. The van der Waals surface area contributed by atoms with Gasteiger partial charge in [-0.15, -0.1) is 0 Å². The van der Waals surface area contributed by atoms with Crippen LogP contribution in [0.25, 0.3) is 0 Å². The van der Waals surface area contributed by atoms with Crippen LogP contribution in [0.4, 0.5) is 4.79 Å². The van der Waals surface area contributed by atoms with Gasteiger partial charge in [-0.1, -0.05) is 12.8 Å². The van der Waals surface area contributed by atoms with Crippen LogP contribution in [-0.2, 0) is 4.74 Å². The molecule has 0 spiro atoms. The fourth-order valence-electron chi connectivity index (χ4n) is 4.26. The van der Waals surface area contributed by atoms with E-state index in [1.54, 1.807) is 0 Å². The number of hydrogen-bond donors (Lipinski definition) is 2. The molecule has 0 unspecified atom stereocenters. The standard InChI is InChI=1S/C18H34N4O2/c23-18(19-7-10-21-8-3-12-24-13-11-21)20-17-6-9-22(15-17)14-16-4-1-2-5-16/h16-17H,1-15H2,(H2,19,20,23)/t17-/m0/s1. The highest BCUT2D eigenvalue weighted by atomic mass is 16.5. The van der Waals surface area contributed by atoms with Gasteiger partial charge in [-0.3, -0.25) is 4.90 Å². The average Bonchev–Trinajstić information content (AvgIpc) is 3.16. The predicted octanol–water partition coefficient (Wildman–Crippen LogP) is 1.27. The second-order valence-corrected chi connectivity index (χ2v) is 7.60. The molecule has 6 heteroatoms. The van der Waals surface area contributed by atoms with E-state index in [1.807, 2.05) is 0 Å². The zero-order valence-corrected chi connectivity index (χ0v) is 15.0. The summed E-state index contributed by atoms with van der Waals surface area (Å²) in [4.78, 5) is 17.0. The number of rotatable bonds is 6. The van der Waals surface area contributed by atoms with Gasteiger partial charge in [-0.2, -0.15) is 0 Å². The molecule has 0 radical (unpaired) electrons. The third-order valence-corrected chi connectivity index (χ3v) is 5.63. The summed E-state index contributed by atoms with van der Waals surface area (Å²) < 4.78 is 5.45. The molecule has 1 atom stereocenters. The highest BCUT2D eigenvalue weighted by Gasteiger charge is 2.26. The summed E-state index contributed by atoms with van der Waals surface area (Å²) in [6.07, 6.45) is 7.79. The molecule has 2 aliphatic heterocycles. The quantitative estimate of drug-likeness (QED) is 0.766. The van der Waals surface area contributed by atoms with E-state index in [0.717, 1.165) is 64.7 Å². The molecule has 2 N–H and O–H groups in total. The van der Waals surface area contributed by atoms with E-state index in [4.69, 9.17) is 4.74 Å². The Morgan fingerprint density at radius 2 is 1.88 bits per heavy atom. The van der Waals surface area contributed by atoms with Crippen molar-refractivity contribution in [1.29, 1.82) is 0 Å². The fourth-order valence-corrected chi connectivity index (χ4v) is 4.26. The van der Waals surface area contributed by atoms with Crippen LogP contribution in [0.2, 0.25) is 0 Å². The first-order chi connectivity index (χ1) is 11.8. The second kappa shape index (κ2) is 9.59. The van der Waals surface area contributed by atoms with Crippen molar-refractivity contribution >= 4 is 6.03 Å². The van der Waals surface area contributed by atoms with Crippen molar-refractivity contribution in [3.05, 3.63) is 0 Å². The van der Waals surface area contributed by atoms with Crippen molar-refractivity contribution in [3.8, 4) is 0 Å². The van der Waals surface area contributed by atoms with Crippen molar-refractivity contribution in [2.24, 2.45) is 5.92 Å². The zero-order valence-electron chi connectivity index (χ0n) is 15.0. The number of carbonyl (C=O) groups is 1. The SMILES string of the molecule is O=C(NCCN1CCCOCC1)N[C@H]1CCN(CC2CCCC2)C1. The number of nitrogens with one attached hydrogen (secondary N) is 2.